The predicted octanol–water partition coefficient (Wildman–Crippen LogP) is 4.05. The van der Waals surface area contributed by atoms with E-state index in [9.17, 15) is 4.79 Å². The number of aromatic nitrogens is 2. The second-order valence-corrected chi connectivity index (χ2v) is 7.81. The Morgan fingerprint density at radius 3 is 2.96 bits per heavy atom. The van der Waals surface area contributed by atoms with Crippen LogP contribution in [-0.2, 0) is 17.8 Å². The summed E-state index contributed by atoms with van der Waals surface area (Å²) >= 11 is 7.93. The van der Waals surface area contributed by atoms with Crippen LogP contribution in [0.1, 0.15) is 16.7 Å². The van der Waals surface area contributed by atoms with Crippen molar-refractivity contribution in [2.24, 2.45) is 4.99 Å². The summed E-state index contributed by atoms with van der Waals surface area (Å²) in [6.07, 6.45) is 2.23. The average molecular weight is 396 g/mol. The van der Waals surface area contributed by atoms with Gasteiger partial charge in [-0.05, 0) is 23.3 Å². The first-order chi connectivity index (χ1) is 13.1. The third kappa shape index (κ3) is 2.62. The molecule has 0 aliphatic carbocycles. The molecule has 0 saturated heterocycles. The van der Waals surface area contributed by atoms with E-state index in [-0.39, 0.29) is 5.91 Å². The number of fused-ring (bicyclic) bond motifs is 2. The van der Waals surface area contributed by atoms with Crippen LogP contribution in [0.25, 0.3) is 10.6 Å². The van der Waals surface area contributed by atoms with Crippen LogP contribution in [0.3, 0.4) is 0 Å². The van der Waals surface area contributed by atoms with Crippen LogP contribution in [0.2, 0.25) is 5.02 Å². The lowest BCUT2D eigenvalue weighted by molar-refractivity contribution is -0.117. The predicted molar refractivity (Wildman–Crippen MR) is 108 cm³/mol. The molecule has 0 fully saturated rings. The zero-order chi connectivity index (χ0) is 18.5. The Morgan fingerprint density at radius 1 is 1.19 bits per heavy atom. The summed E-state index contributed by atoms with van der Waals surface area (Å²) in [5, 5.41) is 13.9. The van der Waals surface area contributed by atoms with Crippen molar-refractivity contribution in [3.8, 4) is 10.6 Å². The molecule has 0 atom stereocenters. The van der Waals surface area contributed by atoms with Gasteiger partial charge in [0.25, 0.3) is 0 Å². The van der Waals surface area contributed by atoms with E-state index >= 15 is 0 Å². The van der Waals surface area contributed by atoms with E-state index in [1.54, 1.807) is 18.2 Å². The normalized spacial score (nSPS) is 14.6. The van der Waals surface area contributed by atoms with E-state index in [2.05, 4.69) is 20.5 Å². The van der Waals surface area contributed by atoms with Crippen LogP contribution in [0.4, 0.5) is 16.5 Å². The Balaban J connectivity index is 1.48. The largest absolute Gasteiger partial charge is 0.329 e. The fourth-order valence-electron chi connectivity index (χ4n) is 3.45. The molecule has 0 saturated carbocycles. The molecule has 3 aromatic rings. The maximum atomic E-state index is 12.0. The molecule has 1 aromatic heterocycles. The maximum absolute atomic E-state index is 12.0. The molecule has 0 bridgehead atoms. The minimum absolute atomic E-state index is 0.0897. The van der Waals surface area contributed by atoms with Crippen molar-refractivity contribution >= 4 is 51.6 Å². The fourth-order valence-corrected chi connectivity index (χ4v) is 4.51. The average Bonchev–Trinajstić information content (AvgIpc) is 3.38. The lowest BCUT2D eigenvalue weighted by Crippen LogP contribution is -2.21. The molecule has 0 radical (unpaired) electrons. The summed E-state index contributed by atoms with van der Waals surface area (Å²) in [4.78, 5) is 18.0. The van der Waals surface area contributed by atoms with Gasteiger partial charge >= 0.3 is 0 Å². The first-order valence-electron chi connectivity index (χ1n) is 8.42. The minimum Gasteiger partial charge on any atom is -0.329 e. The van der Waals surface area contributed by atoms with Gasteiger partial charge in [0.15, 0.2) is 5.01 Å². The highest BCUT2D eigenvalue weighted by molar-refractivity contribution is 7.18. The number of nitrogens with one attached hydrogen (secondary N) is 1. The summed E-state index contributed by atoms with van der Waals surface area (Å²) < 4.78 is 0. The number of nitrogens with zero attached hydrogens (tertiary/aromatic N) is 4. The topological polar surface area (TPSA) is 70.5 Å². The Hall–Kier alpha value is -2.77. The van der Waals surface area contributed by atoms with Crippen molar-refractivity contribution in [1.29, 1.82) is 0 Å². The van der Waals surface area contributed by atoms with Crippen LogP contribution in [-0.4, -0.2) is 29.4 Å². The minimum atomic E-state index is 0.0897. The number of aliphatic imine (C=N–C) groups is 1. The molecule has 1 N–H and O–H groups in total. The number of carbonyl (C=O) groups excluding carboxylic acids is 1. The SMILES string of the molecule is CN1C(=O)Cc2cccc(-c3nnc(Nc4ccc5c(c4Cl)C=NC5)s3)c21. The number of para-hydroxylation sites is 1. The molecule has 5 rings (SSSR count). The molecule has 8 heteroatoms. The highest BCUT2D eigenvalue weighted by atomic mass is 35.5. The van der Waals surface area contributed by atoms with E-state index in [4.69, 9.17) is 11.6 Å². The molecule has 3 heterocycles. The molecule has 134 valence electrons. The van der Waals surface area contributed by atoms with Crippen molar-refractivity contribution in [2.75, 3.05) is 17.3 Å². The third-order valence-corrected chi connectivity index (χ3v) is 6.10. The molecule has 2 aliphatic heterocycles. The molecule has 1 amide bonds. The standard InChI is InChI=1S/C19H14ClN5OS/c1-25-15(26)7-10-3-2-4-12(17(10)25)18-23-24-19(27-18)22-14-6-5-11-8-21-9-13(11)16(14)20/h2-6,9H,7-8H2,1H3,(H,22,24). The van der Waals surface area contributed by atoms with Gasteiger partial charge in [-0.1, -0.05) is 41.1 Å². The van der Waals surface area contributed by atoms with Gasteiger partial charge < -0.3 is 10.2 Å². The van der Waals surface area contributed by atoms with Crippen molar-refractivity contribution in [3.63, 3.8) is 0 Å². The number of carbonyl (C=O) groups is 1. The molecular weight excluding hydrogens is 382 g/mol. The molecule has 6 nitrogen and oxygen atoms in total. The van der Waals surface area contributed by atoms with E-state index in [0.29, 0.717) is 23.1 Å². The monoisotopic (exact) mass is 395 g/mol. The van der Waals surface area contributed by atoms with Crippen LogP contribution in [0, 0.1) is 0 Å². The van der Waals surface area contributed by atoms with Gasteiger partial charge in [0, 0.05) is 24.4 Å². The number of anilines is 3. The summed E-state index contributed by atoms with van der Waals surface area (Å²) in [6, 6.07) is 9.85. The van der Waals surface area contributed by atoms with Crippen molar-refractivity contribution in [1.82, 2.24) is 10.2 Å². The summed E-state index contributed by atoms with van der Waals surface area (Å²) in [6.45, 7) is 0.670. The van der Waals surface area contributed by atoms with Crippen molar-refractivity contribution < 1.29 is 4.79 Å². The van der Waals surface area contributed by atoms with Gasteiger partial charge in [0.2, 0.25) is 11.0 Å². The van der Waals surface area contributed by atoms with Crippen LogP contribution in [0.15, 0.2) is 35.3 Å². The van der Waals surface area contributed by atoms with Crippen LogP contribution < -0.4 is 10.2 Å². The molecule has 27 heavy (non-hydrogen) atoms. The Labute approximate surface area is 164 Å². The van der Waals surface area contributed by atoms with Crippen molar-refractivity contribution in [2.45, 2.75) is 13.0 Å². The number of benzene rings is 2. The Bertz CT molecular complexity index is 1120. The van der Waals surface area contributed by atoms with E-state index in [1.165, 1.54) is 11.3 Å². The van der Waals surface area contributed by atoms with Gasteiger partial charge in [-0.2, -0.15) is 0 Å². The quantitative estimate of drug-likeness (QED) is 0.726. The van der Waals surface area contributed by atoms with E-state index in [0.717, 1.165) is 38.6 Å². The second kappa shape index (κ2) is 6.14. The van der Waals surface area contributed by atoms with E-state index in [1.807, 2.05) is 30.3 Å². The highest BCUT2D eigenvalue weighted by Crippen LogP contribution is 2.40. The lowest BCUT2D eigenvalue weighted by Gasteiger charge is -2.13. The molecule has 0 unspecified atom stereocenters. The zero-order valence-electron chi connectivity index (χ0n) is 14.4. The number of likely N-dealkylation sites (N-methyl/N-ethyl adjacent to an activating group) is 1. The van der Waals surface area contributed by atoms with Gasteiger partial charge in [-0.25, -0.2) is 0 Å². The first-order valence-corrected chi connectivity index (χ1v) is 9.62. The number of amides is 1. The Kier molecular flexibility index (Phi) is 3.73. The Morgan fingerprint density at radius 2 is 2.07 bits per heavy atom. The zero-order valence-corrected chi connectivity index (χ0v) is 15.9. The van der Waals surface area contributed by atoms with Crippen LogP contribution in [0.5, 0.6) is 0 Å². The first kappa shape index (κ1) is 16.4. The van der Waals surface area contributed by atoms with Gasteiger partial charge in [-0.15, -0.1) is 10.2 Å². The third-order valence-electron chi connectivity index (χ3n) is 4.82. The maximum Gasteiger partial charge on any atom is 0.231 e. The van der Waals surface area contributed by atoms with Gasteiger partial charge in [-0.3, -0.25) is 9.79 Å². The van der Waals surface area contributed by atoms with E-state index < -0.39 is 0 Å². The molecule has 0 spiro atoms. The number of hydrogen-bond donors (Lipinski definition) is 1. The van der Waals surface area contributed by atoms with Crippen molar-refractivity contribution in [3.05, 3.63) is 52.0 Å². The molecule has 2 aliphatic rings. The number of hydrogen-bond acceptors (Lipinski definition) is 6. The molecular formula is C19H14ClN5OS. The number of rotatable bonds is 3. The molecule has 2 aromatic carbocycles. The summed E-state index contributed by atoms with van der Waals surface area (Å²) in [5.41, 5.74) is 5.70. The lowest BCUT2D eigenvalue weighted by atomic mass is 10.1. The summed E-state index contributed by atoms with van der Waals surface area (Å²) in [7, 11) is 1.80. The highest BCUT2D eigenvalue weighted by Gasteiger charge is 2.28. The number of halogens is 1. The smallest absolute Gasteiger partial charge is 0.231 e. The second-order valence-electron chi connectivity index (χ2n) is 6.45. The van der Waals surface area contributed by atoms with Gasteiger partial charge in [0.1, 0.15) is 0 Å². The fraction of sp³-hybridized carbons (Fsp3) is 0.158. The van der Waals surface area contributed by atoms with Gasteiger partial charge in [0.05, 0.1) is 29.4 Å². The van der Waals surface area contributed by atoms with Crippen LogP contribution >= 0.6 is 22.9 Å². The summed E-state index contributed by atoms with van der Waals surface area (Å²) in [5.74, 6) is 0.0897.